The van der Waals surface area contributed by atoms with Gasteiger partial charge in [-0.15, -0.1) is 24.8 Å². The molecular weight excluding hydrogens is 335 g/mol. The molecule has 134 valence electrons. The molecule has 1 saturated heterocycles. The van der Waals surface area contributed by atoms with E-state index in [1.165, 1.54) is 19.6 Å². The lowest BCUT2D eigenvalue weighted by Crippen LogP contribution is -2.48. The molecule has 6 heteroatoms. The molecule has 0 spiro atoms. The van der Waals surface area contributed by atoms with Crippen molar-refractivity contribution in [3.63, 3.8) is 0 Å². The van der Waals surface area contributed by atoms with Crippen LogP contribution in [0.5, 0.6) is 11.5 Å². The number of nitrogens with zero attached hydrogens (tertiary/aromatic N) is 2. The Balaban J connectivity index is 0.00000242. The van der Waals surface area contributed by atoms with Crippen molar-refractivity contribution in [2.75, 3.05) is 53.0 Å². The van der Waals surface area contributed by atoms with Crippen LogP contribution >= 0.6 is 24.8 Å². The maximum absolute atomic E-state index is 5.84. The van der Waals surface area contributed by atoms with E-state index in [1.807, 2.05) is 24.3 Å². The summed E-state index contributed by atoms with van der Waals surface area (Å²) < 4.78 is 11.1. The van der Waals surface area contributed by atoms with E-state index in [1.54, 1.807) is 7.11 Å². The molecule has 1 aliphatic heterocycles. The monoisotopic (exact) mass is 364 g/mol. The topological polar surface area (TPSA) is 24.9 Å². The van der Waals surface area contributed by atoms with Gasteiger partial charge in [-0.1, -0.05) is 26.0 Å². The van der Waals surface area contributed by atoms with Crippen molar-refractivity contribution in [2.24, 2.45) is 5.92 Å². The lowest BCUT2D eigenvalue weighted by Gasteiger charge is -2.35. The molecule has 23 heavy (non-hydrogen) atoms. The van der Waals surface area contributed by atoms with Gasteiger partial charge in [0.05, 0.1) is 7.11 Å². The predicted molar refractivity (Wildman–Crippen MR) is 101 cm³/mol. The van der Waals surface area contributed by atoms with Crippen LogP contribution in [0.15, 0.2) is 24.3 Å². The van der Waals surface area contributed by atoms with Gasteiger partial charge in [-0.05, 0) is 18.1 Å². The van der Waals surface area contributed by atoms with Crippen molar-refractivity contribution in [3.05, 3.63) is 24.3 Å². The van der Waals surface area contributed by atoms with Crippen LogP contribution in [-0.2, 0) is 0 Å². The summed E-state index contributed by atoms with van der Waals surface area (Å²) in [5.74, 6) is 2.39. The first kappa shape index (κ1) is 22.3. The van der Waals surface area contributed by atoms with E-state index >= 15 is 0 Å². The summed E-state index contributed by atoms with van der Waals surface area (Å²) in [5.41, 5.74) is 0. The van der Waals surface area contributed by atoms with Crippen molar-refractivity contribution in [1.29, 1.82) is 0 Å². The number of ether oxygens (including phenoxy) is 2. The summed E-state index contributed by atoms with van der Waals surface area (Å²) in [6, 6.07) is 7.82. The molecule has 0 radical (unpaired) electrons. The fourth-order valence-corrected chi connectivity index (χ4v) is 2.73. The molecule has 1 heterocycles. The lowest BCUT2D eigenvalue weighted by atomic mass is 10.2. The summed E-state index contributed by atoms with van der Waals surface area (Å²) >= 11 is 0. The van der Waals surface area contributed by atoms with Crippen molar-refractivity contribution in [2.45, 2.75) is 13.8 Å². The third-order valence-corrected chi connectivity index (χ3v) is 3.82. The van der Waals surface area contributed by atoms with Gasteiger partial charge in [-0.3, -0.25) is 4.90 Å². The summed E-state index contributed by atoms with van der Waals surface area (Å²) in [6.45, 7) is 12.1. The van der Waals surface area contributed by atoms with E-state index in [2.05, 4.69) is 23.6 Å². The number of halogens is 2. The number of para-hydroxylation sites is 2. The molecule has 0 amide bonds. The summed E-state index contributed by atoms with van der Waals surface area (Å²) in [7, 11) is 1.68. The highest BCUT2D eigenvalue weighted by molar-refractivity contribution is 5.85. The Kier molecular flexibility index (Phi) is 11.4. The number of benzene rings is 1. The van der Waals surface area contributed by atoms with Crippen LogP contribution in [0.3, 0.4) is 0 Å². The van der Waals surface area contributed by atoms with Gasteiger partial charge in [-0.2, -0.15) is 0 Å². The average Bonchev–Trinajstić information content (AvgIpc) is 2.49. The van der Waals surface area contributed by atoms with Crippen LogP contribution in [0.25, 0.3) is 0 Å². The predicted octanol–water partition coefficient (Wildman–Crippen LogP) is 3.19. The van der Waals surface area contributed by atoms with E-state index in [0.29, 0.717) is 6.61 Å². The Labute approximate surface area is 152 Å². The molecule has 0 bridgehead atoms. The number of rotatable bonds is 7. The molecule has 0 atom stereocenters. The molecular formula is C17H30Cl2N2O2. The van der Waals surface area contributed by atoms with Crippen LogP contribution in [0.2, 0.25) is 0 Å². The van der Waals surface area contributed by atoms with Crippen molar-refractivity contribution in [3.8, 4) is 11.5 Å². The van der Waals surface area contributed by atoms with Gasteiger partial charge >= 0.3 is 0 Å². The minimum absolute atomic E-state index is 0. The maximum atomic E-state index is 5.84. The second kappa shape index (κ2) is 11.8. The summed E-state index contributed by atoms with van der Waals surface area (Å²) in [4.78, 5) is 5.04. The number of hydrogen-bond donors (Lipinski definition) is 0. The zero-order valence-electron chi connectivity index (χ0n) is 14.4. The molecule has 1 fully saturated rings. The SMILES string of the molecule is COc1ccccc1OCCN1CCN(CC(C)C)CC1.Cl.Cl. The van der Waals surface area contributed by atoms with Crippen LogP contribution in [0.1, 0.15) is 13.8 Å². The van der Waals surface area contributed by atoms with Gasteiger partial charge in [0.2, 0.25) is 0 Å². The Hall–Kier alpha value is -0.680. The highest BCUT2D eigenvalue weighted by Gasteiger charge is 2.17. The summed E-state index contributed by atoms with van der Waals surface area (Å²) in [5, 5.41) is 0. The first-order valence-electron chi connectivity index (χ1n) is 7.89. The number of hydrogen-bond acceptors (Lipinski definition) is 4. The Bertz CT molecular complexity index is 425. The van der Waals surface area contributed by atoms with E-state index < -0.39 is 0 Å². The zero-order chi connectivity index (χ0) is 15.1. The minimum atomic E-state index is 0. The van der Waals surface area contributed by atoms with Gasteiger partial charge < -0.3 is 14.4 Å². The second-order valence-electron chi connectivity index (χ2n) is 6.04. The molecule has 1 aliphatic rings. The van der Waals surface area contributed by atoms with E-state index in [0.717, 1.165) is 37.1 Å². The highest BCUT2D eigenvalue weighted by atomic mass is 35.5. The number of methoxy groups -OCH3 is 1. The first-order valence-corrected chi connectivity index (χ1v) is 7.89. The van der Waals surface area contributed by atoms with Crippen LogP contribution in [0.4, 0.5) is 0 Å². The van der Waals surface area contributed by atoms with Crippen LogP contribution < -0.4 is 9.47 Å². The molecule has 4 nitrogen and oxygen atoms in total. The van der Waals surface area contributed by atoms with Gasteiger partial charge in [0.25, 0.3) is 0 Å². The zero-order valence-corrected chi connectivity index (χ0v) is 16.0. The Morgan fingerprint density at radius 1 is 0.957 bits per heavy atom. The van der Waals surface area contributed by atoms with Crippen molar-refractivity contribution < 1.29 is 9.47 Å². The van der Waals surface area contributed by atoms with Crippen LogP contribution in [0, 0.1) is 5.92 Å². The van der Waals surface area contributed by atoms with E-state index in [4.69, 9.17) is 9.47 Å². The standard InChI is InChI=1S/C17H28N2O2.2ClH/c1-15(2)14-19-10-8-18(9-11-19)12-13-21-17-7-5-4-6-16(17)20-3;;/h4-7,15H,8-14H2,1-3H3;2*1H. The number of piperazine rings is 1. The molecule has 0 aromatic heterocycles. The lowest BCUT2D eigenvalue weighted by molar-refractivity contribution is 0.108. The van der Waals surface area contributed by atoms with Crippen molar-refractivity contribution >= 4 is 24.8 Å². The smallest absolute Gasteiger partial charge is 0.161 e. The second-order valence-corrected chi connectivity index (χ2v) is 6.04. The van der Waals surface area contributed by atoms with Gasteiger partial charge in [0, 0.05) is 39.3 Å². The summed E-state index contributed by atoms with van der Waals surface area (Å²) in [6.07, 6.45) is 0. The largest absolute Gasteiger partial charge is 0.493 e. The van der Waals surface area contributed by atoms with Gasteiger partial charge in [0.1, 0.15) is 6.61 Å². The average molecular weight is 365 g/mol. The molecule has 0 aliphatic carbocycles. The molecule has 2 rings (SSSR count). The quantitative estimate of drug-likeness (QED) is 0.741. The molecule has 1 aromatic rings. The molecule has 0 N–H and O–H groups in total. The minimum Gasteiger partial charge on any atom is -0.493 e. The highest BCUT2D eigenvalue weighted by Crippen LogP contribution is 2.25. The maximum Gasteiger partial charge on any atom is 0.161 e. The third-order valence-electron chi connectivity index (χ3n) is 3.82. The van der Waals surface area contributed by atoms with Gasteiger partial charge in [-0.25, -0.2) is 0 Å². The normalized spacial score (nSPS) is 15.7. The molecule has 0 unspecified atom stereocenters. The van der Waals surface area contributed by atoms with Gasteiger partial charge in [0.15, 0.2) is 11.5 Å². The third kappa shape index (κ3) is 7.62. The Morgan fingerprint density at radius 2 is 1.52 bits per heavy atom. The van der Waals surface area contributed by atoms with Crippen molar-refractivity contribution in [1.82, 2.24) is 9.80 Å². The first-order chi connectivity index (χ1) is 10.2. The fourth-order valence-electron chi connectivity index (χ4n) is 2.73. The van der Waals surface area contributed by atoms with Crippen LogP contribution in [-0.4, -0.2) is 62.8 Å². The molecule has 1 aromatic carbocycles. The van der Waals surface area contributed by atoms with E-state index in [9.17, 15) is 0 Å². The molecule has 0 saturated carbocycles. The Morgan fingerprint density at radius 3 is 2.09 bits per heavy atom. The fraction of sp³-hybridized carbons (Fsp3) is 0.647. The van der Waals surface area contributed by atoms with E-state index in [-0.39, 0.29) is 24.8 Å².